The van der Waals surface area contributed by atoms with Crippen molar-refractivity contribution >= 4 is 27.3 Å². The molecule has 4 nitrogen and oxygen atoms in total. The summed E-state index contributed by atoms with van der Waals surface area (Å²) in [6, 6.07) is 3.60. The molecule has 2 aromatic rings. The van der Waals surface area contributed by atoms with Crippen molar-refractivity contribution in [1.29, 1.82) is 0 Å². The molecule has 9 heteroatoms. The molecule has 0 saturated heterocycles. The fraction of sp³-hybridized carbons (Fsp3) is 0.154. The molecule has 118 valence electrons. The van der Waals surface area contributed by atoms with Crippen LogP contribution in [0.25, 0.3) is 0 Å². The molecule has 0 bridgehead atoms. The number of sulfonamides is 1. The van der Waals surface area contributed by atoms with Gasteiger partial charge in [-0.05, 0) is 36.8 Å². The summed E-state index contributed by atoms with van der Waals surface area (Å²) in [7, 11) is -4.32. The lowest BCUT2D eigenvalue weighted by atomic mass is 10.2. The molecule has 0 aliphatic heterocycles. The standard InChI is InChI=1S/C13H10ClF3N2O2S/c1-8-4-9(7-18-6-8)19-22(20,21)10-2-3-12(14)11(5-10)13(15,16)17/h2-7,19H,1H3/i7D. The normalized spacial score (nSPS) is 12.9. The summed E-state index contributed by atoms with van der Waals surface area (Å²) in [5.41, 5.74) is -0.796. The SMILES string of the molecule is [2H]c1ncc(C)cc1NS(=O)(=O)c1ccc(Cl)c(C(F)(F)F)c1. The van der Waals surface area contributed by atoms with E-state index in [1.165, 1.54) is 12.3 Å². The van der Waals surface area contributed by atoms with Crippen LogP contribution < -0.4 is 4.72 Å². The molecule has 0 saturated carbocycles. The van der Waals surface area contributed by atoms with Crippen molar-refractivity contribution in [3.05, 3.63) is 52.8 Å². The van der Waals surface area contributed by atoms with Gasteiger partial charge in [0.1, 0.15) is 0 Å². The summed E-state index contributed by atoms with van der Waals surface area (Å²) in [5, 5.41) is -0.602. The summed E-state index contributed by atoms with van der Waals surface area (Å²) in [4.78, 5) is 3.05. The smallest absolute Gasteiger partial charge is 0.278 e. The van der Waals surface area contributed by atoms with Crippen LogP contribution in [0.3, 0.4) is 0 Å². The number of hydrogen-bond donors (Lipinski definition) is 1. The van der Waals surface area contributed by atoms with Crippen LogP contribution in [0.2, 0.25) is 5.02 Å². The Labute approximate surface area is 131 Å². The van der Waals surface area contributed by atoms with Gasteiger partial charge in [0.25, 0.3) is 10.0 Å². The monoisotopic (exact) mass is 351 g/mol. The molecule has 0 spiro atoms. The van der Waals surface area contributed by atoms with Crippen molar-refractivity contribution in [1.82, 2.24) is 4.98 Å². The van der Waals surface area contributed by atoms with E-state index in [4.69, 9.17) is 13.0 Å². The maximum atomic E-state index is 12.8. The van der Waals surface area contributed by atoms with E-state index in [0.717, 1.165) is 12.1 Å². The topological polar surface area (TPSA) is 59.1 Å². The highest BCUT2D eigenvalue weighted by atomic mass is 35.5. The van der Waals surface area contributed by atoms with Crippen LogP contribution in [0.1, 0.15) is 12.5 Å². The van der Waals surface area contributed by atoms with E-state index in [-0.39, 0.29) is 11.9 Å². The third-order valence-electron chi connectivity index (χ3n) is 2.62. The molecule has 1 heterocycles. The summed E-state index contributed by atoms with van der Waals surface area (Å²) in [5.74, 6) is 0. The number of halogens is 4. The molecule has 1 aromatic heterocycles. The minimum atomic E-state index is -4.78. The van der Waals surface area contributed by atoms with Gasteiger partial charge >= 0.3 is 6.18 Å². The number of nitrogens with zero attached hydrogens (tertiary/aromatic N) is 1. The van der Waals surface area contributed by atoms with Crippen molar-refractivity contribution in [2.75, 3.05) is 4.72 Å². The lowest BCUT2D eigenvalue weighted by Gasteiger charge is -2.12. The summed E-state index contributed by atoms with van der Waals surface area (Å²) >= 11 is 5.46. The second-order valence-corrected chi connectivity index (χ2v) is 6.51. The van der Waals surface area contributed by atoms with Gasteiger partial charge in [-0.2, -0.15) is 13.2 Å². The quantitative estimate of drug-likeness (QED) is 0.913. The Balaban J connectivity index is 2.46. The van der Waals surface area contributed by atoms with Gasteiger partial charge in [0.05, 0.1) is 28.7 Å². The third kappa shape index (κ3) is 3.69. The zero-order chi connectivity index (χ0) is 17.4. The van der Waals surface area contributed by atoms with E-state index in [0.29, 0.717) is 11.6 Å². The fourth-order valence-corrected chi connectivity index (χ4v) is 2.90. The van der Waals surface area contributed by atoms with Crippen LogP contribution in [0, 0.1) is 6.92 Å². The number of aryl methyl sites for hydroxylation is 1. The Morgan fingerprint density at radius 1 is 1.32 bits per heavy atom. The molecule has 1 N–H and O–H groups in total. The molecule has 0 fully saturated rings. The molecule has 0 unspecified atom stereocenters. The number of nitrogens with one attached hydrogen (secondary N) is 1. The highest BCUT2D eigenvalue weighted by Gasteiger charge is 2.34. The summed E-state index contributed by atoms with van der Waals surface area (Å²) in [6.45, 7) is 1.63. The number of alkyl halides is 3. The molecule has 1 aromatic carbocycles. The van der Waals surface area contributed by atoms with Crippen molar-refractivity contribution in [3.63, 3.8) is 0 Å². The van der Waals surface area contributed by atoms with E-state index < -0.39 is 31.7 Å². The minimum Gasteiger partial charge on any atom is -0.278 e. The molecular formula is C13H10ClF3N2O2S. The van der Waals surface area contributed by atoms with Gasteiger partial charge in [0.15, 0.2) is 0 Å². The van der Waals surface area contributed by atoms with Gasteiger partial charge in [0.2, 0.25) is 0 Å². The van der Waals surface area contributed by atoms with Gasteiger partial charge in [-0.25, -0.2) is 8.42 Å². The predicted molar refractivity (Wildman–Crippen MR) is 76.2 cm³/mol. The van der Waals surface area contributed by atoms with E-state index >= 15 is 0 Å². The van der Waals surface area contributed by atoms with Crippen LogP contribution in [-0.2, 0) is 16.2 Å². The van der Waals surface area contributed by atoms with Crippen LogP contribution in [-0.4, -0.2) is 13.4 Å². The first-order chi connectivity index (χ1) is 10.5. The summed E-state index contributed by atoms with van der Waals surface area (Å²) in [6.07, 6.45) is -3.76. The Hall–Kier alpha value is -1.80. The van der Waals surface area contributed by atoms with Crippen molar-refractivity contribution in [2.45, 2.75) is 18.0 Å². The van der Waals surface area contributed by atoms with Crippen molar-refractivity contribution in [2.24, 2.45) is 0 Å². The Morgan fingerprint density at radius 2 is 2.00 bits per heavy atom. The fourth-order valence-electron chi connectivity index (χ4n) is 1.65. The van der Waals surface area contributed by atoms with Gasteiger partial charge in [-0.3, -0.25) is 9.71 Å². The lowest BCUT2D eigenvalue weighted by molar-refractivity contribution is -0.137. The molecule has 0 radical (unpaired) electrons. The van der Waals surface area contributed by atoms with Gasteiger partial charge in [-0.15, -0.1) is 0 Å². The maximum Gasteiger partial charge on any atom is 0.417 e. The molecule has 0 atom stereocenters. The first kappa shape index (κ1) is 15.1. The van der Waals surface area contributed by atoms with Crippen LogP contribution in [0.5, 0.6) is 0 Å². The van der Waals surface area contributed by atoms with E-state index in [2.05, 4.69) is 9.71 Å². The maximum absolute atomic E-state index is 12.8. The lowest BCUT2D eigenvalue weighted by Crippen LogP contribution is -2.15. The van der Waals surface area contributed by atoms with Gasteiger partial charge < -0.3 is 0 Å². The van der Waals surface area contributed by atoms with Gasteiger partial charge in [0, 0.05) is 6.20 Å². The first-order valence-electron chi connectivity index (χ1n) is 6.33. The van der Waals surface area contributed by atoms with Crippen LogP contribution >= 0.6 is 11.6 Å². The molecule has 0 amide bonds. The van der Waals surface area contributed by atoms with Crippen LogP contribution in [0.15, 0.2) is 41.5 Å². The zero-order valence-corrected chi connectivity index (χ0v) is 12.6. The average molecular weight is 352 g/mol. The van der Waals surface area contributed by atoms with Crippen molar-refractivity contribution in [3.8, 4) is 0 Å². The molecule has 0 aliphatic carbocycles. The number of hydrogen-bond acceptors (Lipinski definition) is 3. The largest absolute Gasteiger partial charge is 0.417 e. The average Bonchev–Trinajstić information content (AvgIpc) is 2.41. The third-order valence-corrected chi connectivity index (χ3v) is 4.32. The second-order valence-electron chi connectivity index (χ2n) is 4.42. The number of aromatic nitrogens is 1. The van der Waals surface area contributed by atoms with Crippen LogP contribution in [0.4, 0.5) is 18.9 Å². The highest BCUT2D eigenvalue weighted by molar-refractivity contribution is 7.92. The Kier molecular flexibility index (Phi) is 3.96. The molecule has 0 aliphatic rings. The molecule has 22 heavy (non-hydrogen) atoms. The molecular weight excluding hydrogens is 341 g/mol. The Morgan fingerprint density at radius 3 is 2.64 bits per heavy atom. The summed E-state index contributed by atoms with van der Waals surface area (Å²) < 4.78 is 72.5. The van der Waals surface area contributed by atoms with E-state index in [1.807, 2.05) is 0 Å². The van der Waals surface area contributed by atoms with E-state index in [1.54, 1.807) is 6.92 Å². The van der Waals surface area contributed by atoms with E-state index in [9.17, 15) is 21.6 Å². The molecule has 2 rings (SSSR count). The highest BCUT2D eigenvalue weighted by Crippen LogP contribution is 2.36. The zero-order valence-electron chi connectivity index (χ0n) is 12.1. The second kappa shape index (κ2) is 5.77. The number of pyridine rings is 1. The first-order valence-corrected chi connectivity index (χ1v) is 7.69. The number of benzene rings is 1. The van der Waals surface area contributed by atoms with Crippen molar-refractivity contribution < 1.29 is 23.0 Å². The predicted octanol–water partition coefficient (Wildman–Crippen LogP) is 3.86. The van der Waals surface area contributed by atoms with Gasteiger partial charge in [-0.1, -0.05) is 11.6 Å². The number of anilines is 1. The Bertz CT molecular complexity index is 857. The number of rotatable bonds is 3. The minimum absolute atomic E-state index is 0.131.